The minimum Gasteiger partial charge on any atom is -0.476 e. The van der Waals surface area contributed by atoms with Gasteiger partial charge in [0, 0.05) is 18.3 Å². The number of nitrogens with zero attached hydrogens (tertiary/aromatic N) is 5. The Morgan fingerprint density at radius 3 is 2.76 bits per heavy atom. The zero-order valence-corrected chi connectivity index (χ0v) is 12.8. The Bertz CT molecular complexity index is 1040. The number of carbonyl (C=O) groups is 1. The lowest BCUT2D eigenvalue weighted by Gasteiger charge is -2.00. The van der Waals surface area contributed by atoms with E-state index >= 15 is 0 Å². The molecular formula is C15H10FN5O4. The molecule has 0 saturated heterocycles. The van der Waals surface area contributed by atoms with Gasteiger partial charge >= 0.3 is 5.97 Å². The van der Waals surface area contributed by atoms with Crippen LogP contribution < -0.4 is 0 Å². The van der Waals surface area contributed by atoms with Crippen LogP contribution in [0.5, 0.6) is 0 Å². The third-order valence-corrected chi connectivity index (χ3v) is 3.42. The summed E-state index contributed by atoms with van der Waals surface area (Å²) in [6, 6.07) is 6.47. The predicted octanol–water partition coefficient (Wildman–Crippen LogP) is 3.80. The van der Waals surface area contributed by atoms with Crippen molar-refractivity contribution in [2.45, 2.75) is 6.92 Å². The maximum absolute atomic E-state index is 13.5. The highest BCUT2D eigenvalue weighted by molar-refractivity contribution is 5.91. The molecule has 3 aromatic rings. The Balaban J connectivity index is 2.14. The fourth-order valence-corrected chi connectivity index (χ4v) is 2.17. The summed E-state index contributed by atoms with van der Waals surface area (Å²) in [5.74, 6) is -2.15. The van der Waals surface area contributed by atoms with Crippen LogP contribution >= 0.6 is 0 Å². The summed E-state index contributed by atoms with van der Waals surface area (Å²) < 4.78 is 14.6. The highest BCUT2D eigenvalue weighted by Crippen LogP contribution is 2.28. The molecule has 0 aliphatic rings. The van der Waals surface area contributed by atoms with Crippen molar-refractivity contribution >= 4 is 28.8 Å². The van der Waals surface area contributed by atoms with E-state index in [4.69, 9.17) is 0 Å². The van der Waals surface area contributed by atoms with Gasteiger partial charge in [-0.15, -0.1) is 10.2 Å². The summed E-state index contributed by atoms with van der Waals surface area (Å²) in [6.07, 6.45) is 1.03. The van der Waals surface area contributed by atoms with E-state index in [1.54, 1.807) is 6.92 Å². The molecule has 9 nitrogen and oxygen atoms in total. The summed E-state index contributed by atoms with van der Waals surface area (Å²) >= 11 is 0. The van der Waals surface area contributed by atoms with Crippen molar-refractivity contribution in [3.63, 3.8) is 0 Å². The van der Waals surface area contributed by atoms with Gasteiger partial charge in [0.2, 0.25) is 0 Å². The van der Waals surface area contributed by atoms with Gasteiger partial charge in [-0.1, -0.05) is 6.07 Å². The molecule has 1 aromatic carbocycles. The molecule has 3 rings (SSSR count). The van der Waals surface area contributed by atoms with Gasteiger partial charge < -0.3 is 5.11 Å². The number of carboxylic acids is 1. The Labute approximate surface area is 139 Å². The Kier molecular flexibility index (Phi) is 3.93. The van der Waals surface area contributed by atoms with Crippen molar-refractivity contribution < 1.29 is 19.2 Å². The molecule has 25 heavy (non-hydrogen) atoms. The number of hydrogen-bond acceptors (Lipinski definition) is 6. The molecule has 2 heterocycles. The number of nitro benzene ring substituents is 1. The first-order valence-electron chi connectivity index (χ1n) is 6.94. The first-order valence-corrected chi connectivity index (χ1v) is 6.94. The van der Waals surface area contributed by atoms with Gasteiger partial charge in [-0.25, -0.2) is 14.2 Å². The predicted molar refractivity (Wildman–Crippen MR) is 84.1 cm³/mol. The van der Waals surface area contributed by atoms with E-state index in [1.807, 2.05) is 0 Å². The Morgan fingerprint density at radius 2 is 2.08 bits per heavy atom. The maximum atomic E-state index is 13.5. The van der Waals surface area contributed by atoms with Crippen LogP contribution in [-0.2, 0) is 0 Å². The molecule has 1 N–H and O–H groups in total. The van der Waals surface area contributed by atoms with E-state index in [-0.39, 0.29) is 22.8 Å². The maximum Gasteiger partial charge on any atom is 0.358 e. The number of carboxylic acid groups (broad SMARTS) is 1. The average Bonchev–Trinajstić information content (AvgIpc) is 2.92. The van der Waals surface area contributed by atoms with E-state index in [2.05, 4.69) is 15.2 Å². The van der Waals surface area contributed by atoms with Crippen LogP contribution in [0.2, 0.25) is 0 Å². The highest BCUT2D eigenvalue weighted by Gasteiger charge is 2.19. The van der Waals surface area contributed by atoms with E-state index in [9.17, 15) is 24.4 Å². The smallest absolute Gasteiger partial charge is 0.358 e. The number of fused-ring (bicyclic) bond motifs is 1. The molecule has 0 aliphatic carbocycles. The zero-order chi connectivity index (χ0) is 18.1. The summed E-state index contributed by atoms with van der Waals surface area (Å²) in [5, 5.41) is 27.8. The second-order valence-electron chi connectivity index (χ2n) is 5.09. The number of halogens is 1. The third kappa shape index (κ3) is 3.04. The van der Waals surface area contributed by atoms with Gasteiger partial charge in [0.15, 0.2) is 11.5 Å². The number of hydrogen-bond donors (Lipinski definition) is 1. The minimum absolute atomic E-state index is 0.179. The van der Waals surface area contributed by atoms with Crippen LogP contribution in [0.3, 0.4) is 0 Å². The fraction of sp³-hybridized carbons (Fsp3) is 0.0667. The van der Waals surface area contributed by atoms with Crippen LogP contribution in [0.4, 0.5) is 21.6 Å². The van der Waals surface area contributed by atoms with Crippen molar-refractivity contribution in [3.05, 3.63) is 63.7 Å². The van der Waals surface area contributed by atoms with E-state index < -0.39 is 22.4 Å². The number of rotatable bonds is 4. The summed E-state index contributed by atoms with van der Waals surface area (Å²) in [4.78, 5) is 25.5. The van der Waals surface area contributed by atoms with E-state index in [0.717, 1.165) is 16.7 Å². The largest absolute Gasteiger partial charge is 0.476 e. The number of aromatic nitrogens is 2. The normalized spacial score (nSPS) is 11.3. The molecule has 0 bridgehead atoms. The first-order chi connectivity index (χ1) is 11.9. The van der Waals surface area contributed by atoms with E-state index in [0.29, 0.717) is 5.56 Å². The van der Waals surface area contributed by atoms with Crippen LogP contribution in [0, 0.1) is 22.9 Å². The standard InChI is InChI=1S/C15H10FN5O4/c1-8-2-4-10(21(24)25)6-11(8)18-19-14-13(15(22)23)17-12-5-3-9(16)7-20(12)14/h2-7H,1H3,(H,22,23). The van der Waals surface area contributed by atoms with Crippen molar-refractivity contribution in [2.24, 2.45) is 10.2 Å². The summed E-state index contributed by atoms with van der Waals surface area (Å²) in [5.41, 5.74) is 0.395. The minimum atomic E-state index is -1.35. The molecule has 0 atom stereocenters. The quantitative estimate of drug-likeness (QED) is 0.438. The molecule has 0 amide bonds. The Morgan fingerprint density at radius 1 is 1.32 bits per heavy atom. The lowest BCUT2D eigenvalue weighted by atomic mass is 10.2. The van der Waals surface area contributed by atoms with Gasteiger partial charge in [0.05, 0.1) is 10.6 Å². The van der Waals surface area contributed by atoms with Crippen molar-refractivity contribution in [1.82, 2.24) is 9.38 Å². The molecule has 10 heteroatoms. The molecule has 0 fully saturated rings. The lowest BCUT2D eigenvalue weighted by Crippen LogP contribution is -1.96. The van der Waals surface area contributed by atoms with Crippen LogP contribution in [0.25, 0.3) is 5.65 Å². The third-order valence-electron chi connectivity index (χ3n) is 3.42. The fourth-order valence-electron chi connectivity index (χ4n) is 2.17. The summed E-state index contributed by atoms with van der Waals surface area (Å²) in [6.45, 7) is 1.67. The summed E-state index contributed by atoms with van der Waals surface area (Å²) in [7, 11) is 0. The average molecular weight is 343 g/mol. The molecule has 2 aromatic heterocycles. The number of aromatic carboxylic acids is 1. The van der Waals surface area contributed by atoms with Gasteiger partial charge in [-0.3, -0.25) is 14.5 Å². The van der Waals surface area contributed by atoms with Gasteiger partial charge in [-0.2, -0.15) is 0 Å². The first kappa shape index (κ1) is 16.2. The van der Waals surface area contributed by atoms with Gasteiger partial charge in [-0.05, 0) is 24.6 Å². The number of non-ortho nitro benzene ring substituents is 1. The van der Waals surface area contributed by atoms with Crippen molar-refractivity contribution in [3.8, 4) is 0 Å². The molecular weight excluding hydrogens is 333 g/mol. The van der Waals surface area contributed by atoms with Crippen molar-refractivity contribution in [1.29, 1.82) is 0 Å². The second-order valence-corrected chi connectivity index (χ2v) is 5.09. The van der Waals surface area contributed by atoms with Crippen LogP contribution in [0.1, 0.15) is 16.1 Å². The number of imidazole rings is 1. The van der Waals surface area contributed by atoms with Crippen LogP contribution in [-0.4, -0.2) is 25.4 Å². The zero-order valence-electron chi connectivity index (χ0n) is 12.8. The molecule has 0 radical (unpaired) electrons. The van der Waals surface area contributed by atoms with Gasteiger partial charge in [0.1, 0.15) is 11.5 Å². The van der Waals surface area contributed by atoms with Gasteiger partial charge in [0.25, 0.3) is 5.69 Å². The highest BCUT2D eigenvalue weighted by atomic mass is 19.1. The topological polar surface area (TPSA) is 122 Å². The number of pyridine rings is 1. The monoisotopic (exact) mass is 343 g/mol. The molecule has 0 spiro atoms. The van der Waals surface area contributed by atoms with Crippen LogP contribution in [0.15, 0.2) is 46.8 Å². The molecule has 0 unspecified atom stereocenters. The molecule has 126 valence electrons. The number of aryl methyl sites for hydroxylation is 1. The number of benzene rings is 1. The SMILES string of the molecule is Cc1ccc([N+](=O)[O-])cc1N=Nc1c(C(=O)O)nc2ccc(F)cn12. The van der Waals surface area contributed by atoms with Crippen molar-refractivity contribution in [2.75, 3.05) is 0 Å². The lowest BCUT2D eigenvalue weighted by molar-refractivity contribution is -0.384. The Hall–Kier alpha value is -3.69. The molecule has 0 saturated carbocycles. The molecule has 0 aliphatic heterocycles. The number of azo groups is 1. The van der Waals surface area contributed by atoms with E-state index in [1.165, 1.54) is 24.3 Å². The number of nitro groups is 1. The second kappa shape index (κ2) is 6.07.